The Bertz CT molecular complexity index is 358. The molecule has 1 fully saturated rings. The lowest BCUT2D eigenvalue weighted by Crippen LogP contribution is -2.51. The van der Waals surface area contributed by atoms with Gasteiger partial charge in [0.25, 0.3) is 0 Å². The lowest BCUT2D eigenvalue weighted by Gasteiger charge is -2.29. The minimum absolute atomic E-state index is 0.00280. The van der Waals surface area contributed by atoms with Gasteiger partial charge in [0, 0.05) is 13.1 Å². The summed E-state index contributed by atoms with van der Waals surface area (Å²) in [7, 11) is 0. The Hall–Kier alpha value is -1.33. The highest BCUT2D eigenvalue weighted by Gasteiger charge is 2.17. The van der Waals surface area contributed by atoms with E-state index in [4.69, 9.17) is 4.42 Å². The summed E-state index contributed by atoms with van der Waals surface area (Å²) in [5.74, 6) is 0.769. The minimum atomic E-state index is -0.210. The molecule has 0 radical (unpaired) electrons. The second kappa shape index (κ2) is 6.56. The first-order valence-corrected chi connectivity index (χ1v) is 6.57. The van der Waals surface area contributed by atoms with E-state index in [0.29, 0.717) is 6.54 Å². The molecule has 2 rings (SSSR count). The first-order chi connectivity index (χ1) is 8.75. The Morgan fingerprint density at radius 3 is 2.89 bits per heavy atom. The van der Waals surface area contributed by atoms with E-state index >= 15 is 0 Å². The molecular formula is C13H21N3O2. The third kappa shape index (κ3) is 3.85. The highest BCUT2D eigenvalue weighted by molar-refractivity contribution is 5.81. The van der Waals surface area contributed by atoms with E-state index in [0.717, 1.165) is 18.8 Å². The van der Waals surface area contributed by atoms with E-state index < -0.39 is 0 Å². The summed E-state index contributed by atoms with van der Waals surface area (Å²) >= 11 is 0. The van der Waals surface area contributed by atoms with Gasteiger partial charge in [0.05, 0.1) is 18.8 Å². The van der Waals surface area contributed by atoms with Crippen LogP contribution in [0.25, 0.3) is 0 Å². The fourth-order valence-electron chi connectivity index (χ4n) is 2.10. The van der Waals surface area contributed by atoms with Gasteiger partial charge in [-0.3, -0.25) is 4.79 Å². The predicted octanol–water partition coefficient (Wildman–Crippen LogP) is 1.27. The molecule has 1 aromatic rings. The van der Waals surface area contributed by atoms with Crippen molar-refractivity contribution in [2.75, 3.05) is 13.1 Å². The second-order valence-electron chi connectivity index (χ2n) is 4.70. The topological polar surface area (TPSA) is 57.5 Å². The quantitative estimate of drug-likeness (QED) is 0.827. The van der Waals surface area contributed by atoms with E-state index in [2.05, 4.69) is 15.8 Å². The van der Waals surface area contributed by atoms with Crippen molar-refractivity contribution in [3.63, 3.8) is 0 Å². The van der Waals surface area contributed by atoms with Crippen molar-refractivity contribution in [2.24, 2.45) is 0 Å². The Morgan fingerprint density at radius 1 is 1.44 bits per heavy atom. The number of furan rings is 1. The molecule has 1 aromatic heterocycles. The van der Waals surface area contributed by atoms with Crippen LogP contribution in [-0.2, 0) is 11.3 Å². The van der Waals surface area contributed by atoms with E-state index in [9.17, 15) is 4.79 Å². The first-order valence-electron chi connectivity index (χ1n) is 6.57. The summed E-state index contributed by atoms with van der Waals surface area (Å²) in [6.07, 6.45) is 5.30. The van der Waals surface area contributed by atoms with Crippen LogP contribution in [0.3, 0.4) is 0 Å². The number of hydrazine groups is 1. The predicted molar refractivity (Wildman–Crippen MR) is 68.6 cm³/mol. The summed E-state index contributed by atoms with van der Waals surface area (Å²) in [5, 5.41) is 4.99. The van der Waals surface area contributed by atoms with Crippen molar-refractivity contribution in [3.8, 4) is 0 Å². The molecule has 1 saturated heterocycles. The molecule has 0 saturated carbocycles. The summed E-state index contributed by atoms with van der Waals surface area (Å²) in [6, 6.07) is 3.46. The molecule has 18 heavy (non-hydrogen) atoms. The molecule has 2 N–H and O–H groups in total. The summed E-state index contributed by atoms with van der Waals surface area (Å²) in [5.41, 5.74) is 3.24. The molecular weight excluding hydrogens is 230 g/mol. The van der Waals surface area contributed by atoms with Gasteiger partial charge in [0.1, 0.15) is 5.76 Å². The fraction of sp³-hybridized carbons (Fsp3) is 0.615. The van der Waals surface area contributed by atoms with E-state index in [1.165, 1.54) is 19.3 Å². The van der Waals surface area contributed by atoms with Crippen LogP contribution in [0, 0.1) is 0 Å². The average Bonchev–Trinajstić information content (AvgIpc) is 2.90. The number of nitrogens with one attached hydrogen (secondary N) is 2. The molecule has 1 aliphatic heterocycles. The number of hydrogen-bond acceptors (Lipinski definition) is 4. The molecule has 5 heteroatoms. The molecule has 1 aliphatic rings. The molecule has 0 aliphatic carbocycles. The van der Waals surface area contributed by atoms with Crippen molar-refractivity contribution < 1.29 is 9.21 Å². The Kier molecular flexibility index (Phi) is 4.78. The zero-order valence-corrected chi connectivity index (χ0v) is 10.8. The highest BCUT2D eigenvalue weighted by atomic mass is 16.3. The van der Waals surface area contributed by atoms with Gasteiger partial charge < -0.3 is 9.73 Å². The summed E-state index contributed by atoms with van der Waals surface area (Å²) < 4.78 is 5.17. The van der Waals surface area contributed by atoms with Gasteiger partial charge >= 0.3 is 0 Å². The molecule has 0 aromatic carbocycles. The van der Waals surface area contributed by atoms with E-state index in [1.54, 1.807) is 6.26 Å². The van der Waals surface area contributed by atoms with Crippen molar-refractivity contribution >= 4 is 5.91 Å². The van der Waals surface area contributed by atoms with Crippen molar-refractivity contribution in [3.05, 3.63) is 24.2 Å². The molecule has 5 nitrogen and oxygen atoms in total. The van der Waals surface area contributed by atoms with Crippen LogP contribution in [0.4, 0.5) is 0 Å². The maximum atomic E-state index is 11.9. The van der Waals surface area contributed by atoms with Crippen LogP contribution in [0.2, 0.25) is 0 Å². The number of rotatable bonds is 5. The highest BCUT2D eigenvalue weighted by Crippen LogP contribution is 2.06. The Labute approximate surface area is 107 Å². The number of carbonyl (C=O) groups is 1. The number of carbonyl (C=O) groups excluding carboxylic acids is 1. The average molecular weight is 251 g/mol. The molecule has 0 spiro atoms. The number of hydrogen-bond donors (Lipinski definition) is 2. The zero-order valence-electron chi connectivity index (χ0n) is 10.8. The second-order valence-corrected chi connectivity index (χ2v) is 4.70. The van der Waals surface area contributed by atoms with Crippen LogP contribution >= 0.6 is 0 Å². The maximum Gasteiger partial charge on any atom is 0.238 e. The van der Waals surface area contributed by atoms with Crippen molar-refractivity contribution in [1.82, 2.24) is 15.8 Å². The molecule has 2 heterocycles. The molecule has 1 unspecified atom stereocenters. The number of nitrogens with zero attached hydrogens (tertiary/aromatic N) is 1. The van der Waals surface area contributed by atoms with Crippen LogP contribution in [0.5, 0.6) is 0 Å². The van der Waals surface area contributed by atoms with Gasteiger partial charge in [-0.25, -0.2) is 10.4 Å². The van der Waals surface area contributed by atoms with Gasteiger partial charge in [-0.1, -0.05) is 6.42 Å². The molecule has 100 valence electrons. The summed E-state index contributed by atoms with van der Waals surface area (Å²) in [6.45, 7) is 4.37. The number of amides is 1. The third-order valence-electron chi connectivity index (χ3n) is 3.14. The first kappa shape index (κ1) is 13.1. The zero-order chi connectivity index (χ0) is 12.8. The largest absolute Gasteiger partial charge is 0.467 e. The van der Waals surface area contributed by atoms with Crippen LogP contribution in [0.1, 0.15) is 31.9 Å². The van der Waals surface area contributed by atoms with Gasteiger partial charge in [-0.05, 0) is 31.9 Å². The molecule has 1 atom stereocenters. The Morgan fingerprint density at radius 2 is 2.22 bits per heavy atom. The van der Waals surface area contributed by atoms with Gasteiger partial charge in [0.2, 0.25) is 5.91 Å². The normalized spacial score (nSPS) is 18.5. The Balaban J connectivity index is 1.70. The third-order valence-corrected chi connectivity index (χ3v) is 3.14. The lowest BCUT2D eigenvalue weighted by molar-refractivity contribution is -0.124. The molecule has 1 amide bonds. The summed E-state index contributed by atoms with van der Waals surface area (Å²) in [4.78, 5) is 11.9. The smallest absolute Gasteiger partial charge is 0.238 e. The lowest BCUT2D eigenvalue weighted by atomic mass is 10.2. The molecule has 0 bridgehead atoms. The van der Waals surface area contributed by atoms with Gasteiger partial charge in [-0.15, -0.1) is 0 Å². The van der Waals surface area contributed by atoms with Crippen molar-refractivity contribution in [1.29, 1.82) is 0 Å². The standard InChI is InChI=1S/C13H21N3O2/c1-11(15-16-7-3-2-4-8-16)13(17)14-10-12-6-5-9-18-12/h5-6,9,11,15H,2-4,7-8,10H2,1H3,(H,14,17). The fourth-order valence-corrected chi connectivity index (χ4v) is 2.10. The van der Waals surface area contributed by atoms with E-state index in [1.807, 2.05) is 19.1 Å². The van der Waals surface area contributed by atoms with Gasteiger partial charge in [0.15, 0.2) is 0 Å². The maximum absolute atomic E-state index is 11.9. The van der Waals surface area contributed by atoms with Crippen LogP contribution < -0.4 is 10.7 Å². The monoisotopic (exact) mass is 251 g/mol. The SMILES string of the molecule is CC(NN1CCCCC1)C(=O)NCc1ccco1. The minimum Gasteiger partial charge on any atom is -0.467 e. The number of piperidine rings is 1. The van der Waals surface area contributed by atoms with E-state index in [-0.39, 0.29) is 11.9 Å². The van der Waals surface area contributed by atoms with Crippen molar-refractivity contribution in [2.45, 2.75) is 38.8 Å². The van der Waals surface area contributed by atoms with Crippen LogP contribution in [-0.4, -0.2) is 30.0 Å². The van der Waals surface area contributed by atoms with Gasteiger partial charge in [-0.2, -0.15) is 0 Å². The van der Waals surface area contributed by atoms with Crippen LogP contribution in [0.15, 0.2) is 22.8 Å².